The molecule has 0 aliphatic carbocycles. The Labute approximate surface area is 101 Å². The molecule has 17 heavy (non-hydrogen) atoms. The first-order chi connectivity index (χ1) is 8.08. The van der Waals surface area contributed by atoms with Gasteiger partial charge in [0.15, 0.2) is 5.60 Å². The van der Waals surface area contributed by atoms with Crippen molar-refractivity contribution in [2.75, 3.05) is 13.2 Å². The summed E-state index contributed by atoms with van der Waals surface area (Å²) in [5.74, 6) is -0.190. The standard InChI is InChI=1S/C13H18O4/c1-3-13(2,12(14)15)17-10-9-16-11-7-5-4-6-8-11/h4-8H,3,9-10H2,1-2H3,(H,14,15). The van der Waals surface area contributed by atoms with Crippen LogP contribution in [0.2, 0.25) is 0 Å². The Kier molecular flexibility index (Phi) is 4.97. The van der Waals surface area contributed by atoms with Crippen molar-refractivity contribution in [2.24, 2.45) is 0 Å². The van der Waals surface area contributed by atoms with Crippen LogP contribution in [0.4, 0.5) is 0 Å². The maximum absolute atomic E-state index is 11.0. The molecule has 1 rings (SSSR count). The highest BCUT2D eigenvalue weighted by atomic mass is 16.6. The van der Waals surface area contributed by atoms with Crippen LogP contribution in [-0.4, -0.2) is 29.9 Å². The van der Waals surface area contributed by atoms with Crippen LogP contribution in [0.5, 0.6) is 5.75 Å². The molecule has 4 nitrogen and oxygen atoms in total. The smallest absolute Gasteiger partial charge is 0.335 e. The lowest BCUT2D eigenvalue weighted by molar-refractivity contribution is -0.164. The van der Waals surface area contributed by atoms with Crippen molar-refractivity contribution < 1.29 is 19.4 Å². The fourth-order valence-corrected chi connectivity index (χ4v) is 1.26. The summed E-state index contributed by atoms with van der Waals surface area (Å²) in [4.78, 5) is 11.0. The average Bonchev–Trinajstić information content (AvgIpc) is 2.35. The molecule has 1 aromatic rings. The lowest BCUT2D eigenvalue weighted by Gasteiger charge is -2.23. The molecule has 1 atom stereocenters. The van der Waals surface area contributed by atoms with Crippen molar-refractivity contribution in [3.63, 3.8) is 0 Å². The molecule has 1 N–H and O–H groups in total. The van der Waals surface area contributed by atoms with Crippen molar-refractivity contribution in [2.45, 2.75) is 25.9 Å². The largest absolute Gasteiger partial charge is 0.491 e. The topological polar surface area (TPSA) is 55.8 Å². The summed E-state index contributed by atoms with van der Waals surface area (Å²) in [6.45, 7) is 3.95. The minimum atomic E-state index is -1.12. The van der Waals surface area contributed by atoms with Crippen LogP contribution in [-0.2, 0) is 9.53 Å². The second-order valence-electron chi connectivity index (χ2n) is 3.90. The molecular weight excluding hydrogens is 220 g/mol. The van der Waals surface area contributed by atoms with Gasteiger partial charge < -0.3 is 14.6 Å². The molecule has 0 saturated heterocycles. The van der Waals surface area contributed by atoms with Crippen LogP contribution >= 0.6 is 0 Å². The monoisotopic (exact) mass is 238 g/mol. The zero-order chi connectivity index (χ0) is 12.7. The quantitative estimate of drug-likeness (QED) is 0.741. The van der Waals surface area contributed by atoms with Crippen LogP contribution in [0.15, 0.2) is 30.3 Å². The Balaban J connectivity index is 2.31. The van der Waals surface area contributed by atoms with Crippen molar-refractivity contribution in [1.82, 2.24) is 0 Å². The number of hydrogen-bond donors (Lipinski definition) is 1. The third-order valence-electron chi connectivity index (χ3n) is 2.64. The second kappa shape index (κ2) is 6.25. The van der Waals surface area contributed by atoms with Crippen LogP contribution in [0.3, 0.4) is 0 Å². The van der Waals surface area contributed by atoms with E-state index < -0.39 is 11.6 Å². The Morgan fingerprint density at radius 2 is 1.94 bits per heavy atom. The van der Waals surface area contributed by atoms with E-state index in [0.29, 0.717) is 13.0 Å². The molecule has 0 spiro atoms. The van der Waals surface area contributed by atoms with E-state index in [-0.39, 0.29) is 6.61 Å². The number of hydrogen-bond acceptors (Lipinski definition) is 3. The number of rotatable bonds is 7. The lowest BCUT2D eigenvalue weighted by Crippen LogP contribution is -2.38. The van der Waals surface area contributed by atoms with Gasteiger partial charge in [-0.15, -0.1) is 0 Å². The normalized spacial score (nSPS) is 14.0. The summed E-state index contributed by atoms with van der Waals surface area (Å²) in [6.07, 6.45) is 0.424. The van der Waals surface area contributed by atoms with Crippen molar-refractivity contribution >= 4 is 5.97 Å². The van der Waals surface area contributed by atoms with Crippen LogP contribution in [0, 0.1) is 0 Å². The predicted molar refractivity (Wildman–Crippen MR) is 64.2 cm³/mol. The third kappa shape index (κ3) is 4.07. The van der Waals surface area contributed by atoms with E-state index in [1.165, 1.54) is 0 Å². The molecule has 0 heterocycles. The Morgan fingerprint density at radius 3 is 2.47 bits per heavy atom. The highest BCUT2D eigenvalue weighted by Gasteiger charge is 2.31. The minimum absolute atomic E-state index is 0.255. The lowest BCUT2D eigenvalue weighted by atomic mass is 10.0. The number of para-hydroxylation sites is 1. The van der Waals surface area contributed by atoms with Gasteiger partial charge >= 0.3 is 5.97 Å². The first-order valence-electron chi connectivity index (χ1n) is 5.63. The summed E-state index contributed by atoms with van der Waals surface area (Å²) in [7, 11) is 0. The third-order valence-corrected chi connectivity index (χ3v) is 2.64. The number of carboxylic acid groups (broad SMARTS) is 1. The minimum Gasteiger partial charge on any atom is -0.491 e. The maximum atomic E-state index is 11.0. The molecule has 0 aromatic heterocycles. The summed E-state index contributed by atoms with van der Waals surface area (Å²) in [5.41, 5.74) is -1.12. The van der Waals surface area contributed by atoms with Crippen LogP contribution < -0.4 is 4.74 Å². The molecular formula is C13H18O4. The van der Waals surface area contributed by atoms with E-state index in [1.54, 1.807) is 13.8 Å². The Morgan fingerprint density at radius 1 is 1.29 bits per heavy atom. The van der Waals surface area contributed by atoms with E-state index in [2.05, 4.69) is 0 Å². The second-order valence-corrected chi connectivity index (χ2v) is 3.90. The van der Waals surface area contributed by atoms with Gasteiger partial charge in [-0.25, -0.2) is 4.79 Å². The maximum Gasteiger partial charge on any atom is 0.335 e. The highest BCUT2D eigenvalue weighted by Crippen LogP contribution is 2.15. The molecule has 94 valence electrons. The SMILES string of the molecule is CCC(C)(OCCOc1ccccc1)C(=O)O. The van der Waals surface area contributed by atoms with E-state index >= 15 is 0 Å². The van der Waals surface area contributed by atoms with Gasteiger partial charge in [0.05, 0.1) is 6.61 Å². The summed E-state index contributed by atoms with van der Waals surface area (Å²) in [6, 6.07) is 9.35. The van der Waals surface area contributed by atoms with E-state index in [0.717, 1.165) is 5.75 Å². The van der Waals surface area contributed by atoms with Gasteiger partial charge in [-0.05, 0) is 25.5 Å². The first kappa shape index (κ1) is 13.5. The number of aliphatic carboxylic acids is 1. The van der Waals surface area contributed by atoms with Gasteiger partial charge in [-0.2, -0.15) is 0 Å². The van der Waals surface area contributed by atoms with Gasteiger partial charge in [0.2, 0.25) is 0 Å². The van der Waals surface area contributed by atoms with Gasteiger partial charge in [0, 0.05) is 0 Å². The molecule has 0 saturated carbocycles. The highest BCUT2D eigenvalue weighted by molar-refractivity contribution is 5.76. The molecule has 0 radical (unpaired) electrons. The molecule has 0 amide bonds. The molecule has 1 unspecified atom stereocenters. The number of ether oxygens (including phenoxy) is 2. The summed E-state index contributed by atoms with van der Waals surface area (Å²) >= 11 is 0. The number of benzene rings is 1. The van der Waals surface area contributed by atoms with E-state index in [4.69, 9.17) is 14.6 Å². The van der Waals surface area contributed by atoms with Crippen LogP contribution in [0.25, 0.3) is 0 Å². The Hall–Kier alpha value is -1.55. The fraction of sp³-hybridized carbons (Fsp3) is 0.462. The van der Waals surface area contributed by atoms with Crippen molar-refractivity contribution in [1.29, 1.82) is 0 Å². The van der Waals surface area contributed by atoms with Crippen LogP contribution in [0.1, 0.15) is 20.3 Å². The van der Waals surface area contributed by atoms with E-state index in [9.17, 15) is 4.79 Å². The molecule has 0 fully saturated rings. The number of carboxylic acids is 1. The van der Waals surface area contributed by atoms with Gasteiger partial charge in [0.1, 0.15) is 12.4 Å². The molecule has 0 aliphatic rings. The van der Waals surface area contributed by atoms with Gasteiger partial charge in [-0.3, -0.25) is 0 Å². The zero-order valence-electron chi connectivity index (χ0n) is 10.2. The van der Waals surface area contributed by atoms with Crippen molar-refractivity contribution in [3.05, 3.63) is 30.3 Å². The van der Waals surface area contributed by atoms with Gasteiger partial charge in [0.25, 0.3) is 0 Å². The number of carbonyl (C=O) groups is 1. The fourth-order valence-electron chi connectivity index (χ4n) is 1.26. The van der Waals surface area contributed by atoms with E-state index in [1.807, 2.05) is 30.3 Å². The average molecular weight is 238 g/mol. The van der Waals surface area contributed by atoms with Crippen molar-refractivity contribution in [3.8, 4) is 5.75 Å². The molecule has 0 bridgehead atoms. The first-order valence-corrected chi connectivity index (χ1v) is 5.63. The molecule has 1 aromatic carbocycles. The zero-order valence-corrected chi connectivity index (χ0v) is 10.2. The van der Waals surface area contributed by atoms with Gasteiger partial charge in [-0.1, -0.05) is 25.1 Å². The molecule has 0 aliphatic heterocycles. The molecule has 4 heteroatoms. The summed E-state index contributed by atoms with van der Waals surface area (Å²) in [5, 5.41) is 8.98. The predicted octanol–water partition coefficient (Wildman–Crippen LogP) is 2.34. The Bertz CT molecular complexity index is 350. The summed E-state index contributed by atoms with van der Waals surface area (Å²) < 4.78 is 10.7.